The summed E-state index contributed by atoms with van der Waals surface area (Å²) in [4.78, 5) is 13.1. The lowest BCUT2D eigenvalue weighted by molar-refractivity contribution is 0.0858. The van der Waals surface area contributed by atoms with Gasteiger partial charge in [0, 0.05) is 6.04 Å². The van der Waals surface area contributed by atoms with E-state index in [0.717, 1.165) is 5.56 Å². The predicted molar refractivity (Wildman–Crippen MR) is 95.6 cm³/mol. The van der Waals surface area contributed by atoms with Crippen molar-refractivity contribution in [2.24, 2.45) is 0 Å². The number of rotatable bonds is 3. The smallest absolute Gasteiger partial charge is 0.266 e. The van der Waals surface area contributed by atoms with E-state index in [0.29, 0.717) is 0 Å². The molecule has 0 radical (unpaired) electrons. The first kappa shape index (κ1) is 19.1. The van der Waals surface area contributed by atoms with Gasteiger partial charge in [-0.2, -0.15) is 0 Å². The van der Waals surface area contributed by atoms with Gasteiger partial charge >= 0.3 is 0 Å². The molecule has 2 aromatic rings. The average molecular weight is 362 g/mol. The second-order valence-corrected chi connectivity index (χ2v) is 7.64. The molecular weight excluding hydrogens is 340 g/mol. The second-order valence-electron chi connectivity index (χ2n) is 5.99. The molecule has 0 saturated heterocycles. The molecule has 0 unspecified atom stereocenters. The minimum Gasteiger partial charge on any atom is -0.387 e. The minimum absolute atomic E-state index is 0.0648. The van der Waals surface area contributed by atoms with Crippen LogP contribution in [0.15, 0.2) is 59.5 Å². The fraction of sp³-hybridized carbons (Fsp3) is 0.278. The van der Waals surface area contributed by atoms with Crippen LogP contribution in [0.1, 0.15) is 28.9 Å². The Morgan fingerprint density at radius 2 is 1.56 bits per heavy atom. The van der Waals surface area contributed by atoms with Crippen molar-refractivity contribution in [3.63, 3.8) is 0 Å². The molecule has 0 spiro atoms. The van der Waals surface area contributed by atoms with E-state index in [2.05, 4.69) is 0 Å². The highest BCUT2D eigenvalue weighted by Gasteiger charge is 2.31. The van der Waals surface area contributed by atoms with Gasteiger partial charge in [-0.3, -0.25) is 4.79 Å². The maximum Gasteiger partial charge on any atom is 0.266 e. The van der Waals surface area contributed by atoms with Crippen LogP contribution in [0.25, 0.3) is 0 Å². The molecule has 1 aliphatic rings. The minimum atomic E-state index is -3.55. The van der Waals surface area contributed by atoms with Crippen molar-refractivity contribution in [1.29, 1.82) is 0 Å². The van der Waals surface area contributed by atoms with E-state index in [4.69, 9.17) is 0 Å². The van der Waals surface area contributed by atoms with Gasteiger partial charge in [-0.25, -0.2) is 13.1 Å². The Morgan fingerprint density at radius 3 is 2.12 bits per heavy atom. The van der Waals surface area contributed by atoms with Gasteiger partial charge in [-0.15, -0.1) is 0 Å². The molecule has 0 bridgehead atoms. The number of benzene rings is 2. The number of nitrogens with zero attached hydrogens (tertiary/aromatic N) is 1. The fourth-order valence-corrected chi connectivity index (χ4v) is 3.50. The Morgan fingerprint density at radius 1 is 1.00 bits per heavy atom. The van der Waals surface area contributed by atoms with Crippen molar-refractivity contribution in [2.45, 2.75) is 24.0 Å². The van der Waals surface area contributed by atoms with Crippen LogP contribution in [0.2, 0.25) is 0 Å². The lowest BCUT2D eigenvalue weighted by atomic mass is 10.0. The van der Waals surface area contributed by atoms with E-state index in [1.165, 1.54) is 12.1 Å². The van der Waals surface area contributed by atoms with Gasteiger partial charge in [0.15, 0.2) is 0 Å². The first-order chi connectivity index (χ1) is 11.7. The summed E-state index contributed by atoms with van der Waals surface area (Å²) in [6, 6.07) is 16.0. The highest BCUT2D eigenvalue weighted by atomic mass is 32.2. The molecule has 0 saturated carbocycles. The Labute approximate surface area is 148 Å². The van der Waals surface area contributed by atoms with Crippen LogP contribution in [0.3, 0.4) is 0 Å². The Balaban J connectivity index is 0.000000181. The van der Waals surface area contributed by atoms with Crippen molar-refractivity contribution >= 4 is 15.9 Å². The molecule has 25 heavy (non-hydrogen) atoms. The molecule has 3 rings (SSSR count). The van der Waals surface area contributed by atoms with Crippen molar-refractivity contribution in [3.05, 3.63) is 65.7 Å². The molecule has 2 aromatic carbocycles. The number of nitrogens with one attached hydrogen (secondary N) is 1. The second kappa shape index (κ2) is 7.77. The van der Waals surface area contributed by atoms with Gasteiger partial charge in [0.25, 0.3) is 15.9 Å². The highest BCUT2D eigenvalue weighted by Crippen LogP contribution is 2.21. The third kappa shape index (κ3) is 4.45. The van der Waals surface area contributed by atoms with Gasteiger partial charge in [-0.1, -0.05) is 42.5 Å². The monoisotopic (exact) mass is 362 g/mol. The lowest BCUT2D eigenvalue weighted by Gasteiger charge is -2.25. The molecule has 134 valence electrons. The maximum atomic E-state index is 11.1. The maximum absolute atomic E-state index is 11.1. The molecule has 2 atom stereocenters. The molecule has 0 fully saturated rings. The number of likely N-dealkylation sites (N-methyl/N-ethyl adjacent to an activating group) is 1. The van der Waals surface area contributed by atoms with Crippen molar-refractivity contribution in [2.75, 3.05) is 14.1 Å². The predicted octanol–water partition coefficient (Wildman–Crippen LogP) is 1.79. The molecule has 1 amide bonds. The van der Waals surface area contributed by atoms with Crippen molar-refractivity contribution < 1.29 is 18.3 Å². The van der Waals surface area contributed by atoms with Crippen LogP contribution in [0, 0.1) is 0 Å². The summed E-state index contributed by atoms with van der Waals surface area (Å²) >= 11 is 0. The average Bonchev–Trinajstić information content (AvgIpc) is 2.84. The molecular formula is C18H22N2O4S. The van der Waals surface area contributed by atoms with E-state index in [1.807, 2.05) is 61.0 Å². The molecule has 7 heteroatoms. The van der Waals surface area contributed by atoms with Gasteiger partial charge < -0.3 is 10.0 Å². The zero-order valence-electron chi connectivity index (χ0n) is 14.4. The van der Waals surface area contributed by atoms with Crippen LogP contribution in [-0.4, -0.2) is 44.5 Å². The summed E-state index contributed by atoms with van der Waals surface area (Å²) in [5, 5.41) is 9.92. The molecule has 1 heterocycles. The molecule has 0 aliphatic carbocycles. The van der Waals surface area contributed by atoms with E-state index in [9.17, 15) is 18.3 Å². The first-order valence-electron chi connectivity index (χ1n) is 7.79. The summed E-state index contributed by atoms with van der Waals surface area (Å²) in [5.41, 5.74) is 1.20. The van der Waals surface area contributed by atoms with Crippen LogP contribution >= 0.6 is 0 Å². The largest absolute Gasteiger partial charge is 0.387 e. The number of aliphatic hydroxyl groups is 1. The third-order valence-electron chi connectivity index (χ3n) is 4.06. The number of carbonyl (C=O) groups excluding carboxylic acids is 1. The number of amides is 1. The van der Waals surface area contributed by atoms with E-state index >= 15 is 0 Å². The zero-order valence-corrected chi connectivity index (χ0v) is 15.2. The standard InChI is InChI=1S/C11H17NO.C7H5NO3S/c1-9(12(2)3)11(13)10-7-5-4-6-8-10;9-7-5-3-1-2-4-6(5)12(10,11)8-7/h4-9,11,13H,1-3H3;1-4H,(H,8,9)/t9-,11-;/m1./s1. The van der Waals surface area contributed by atoms with Gasteiger partial charge in [0.2, 0.25) is 0 Å². The Kier molecular flexibility index (Phi) is 5.94. The third-order valence-corrected chi connectivity index (χ3v) is 5.45. The number of aliphatic hydroxyl groups excluding tert-OH is 1. The quantitative estimate of drug-likeness (QED) is 0.869. The highest BCUT2D eigenvalue weighted by molar-refractivity contribution is 7.90. The summed E-state index contributed by atoms with van der Waals surface area (Å²) in [7, 11) is 0.384. The Hall–Kier alpha value is -2.22. The fourth-order valence-electron chi connectivity index (χ4n) is 2.33. The van der Waals surface area contributed by atoms with Gasteiger partial charge in [0.05, 0.1) is 11.7 Å². The van der Waals surface area contributed by atoms with Gasteiger partial charge in [0.1, 0.15) is 4.90 Å². The summed E-state index contributed by atoms with van der Waals surface area (Å²) < 4.78 is 24.2. The number of hydrogen-bond donors (Lipinski definition) is 2. The summed E-state index contributed by atoms with van der Waals surface area (Å²) in [6.07, 6.45) is -0.406. The van der Waals surface area contributed by atoms with Gasteiger partial charge in [-0.05, 0) is 38.7 Å². The number of sulfonamides is 1. The van der Waals surface area contributed by atoms with Crippen molar-refractivity contribution in [1.82, 2.24) is 9.62 Å². The first-order valence-corrected chi connectivity index (χ1v) is 9.28. The molecule has 1 aliphatic heterocycles. The number of carbonyl (C=O) groups is 1. The topological polar surface area (TPSA) is 86.7 Å². The van der Waals surface area contributed by atoms with Crippen LogP contribution in [-0.2, 0) is 10.0 Å². The molecule has 6 nitrogen and oxygen atoms in total. The van der Waals surface area contributed by atoms with E-state index < -0.39 is 22.0 Å². The molecule has 0 aromatic heterocycles. The lowest BCUT2D eigenvalue weighted by Crippen LogP contribution is -2.30. The summed E-state index contributed by atoms with van der Waals surface area (Å²) in [6.45, 7) is 2.01. The van der Waals surface area contributed by atoms with E-state index in [1.54, 1.807) is 12.1 Å². The van der Waals surface area contributed by atoms with Crippen LogP contribution in [0.5, 0.6) is 0 Å². The van der Waals surface area contributed by atoms with Crippen LogP contribution in [0.4, 0.5) is 0 Å². The zero-order chi connectivity index (χ0) is 18.6. The Bertz CT molecular complexity index is 835. The normalized spacial score (nSPS) is 17.1. The number of fused-ring (bicyclic) bond motifs is 1. The SMILES string of the molecule is C[C@H]([C@@H](O)c1ccccc1)N(C)C.O=C1NS(=O)(=O)c2ccccc21. The van der Waals surface area contributed by atoms with Crippen LogP contribution < -0.4 is 4.72 Å². The summed E-state index contributed by atoms with van der Waals surface area (Å²) in [5.74, 6) is -0.550. The number of hydrogen-bond acceptors (Lipinski definition) is 5. The molecule has 2 N–H and O–H groups in total. The van der Waals surface area contributed by atoms with Crippen molar-refractivity contribution in [3.8, 4) is 0 Å². The van der Waals surface area contributed by atoms with E-state index in [-0.39, 0.29) is 16.5 Å².